The molecule has 108 valence electrons. The molecule has 2 atom stereocenters. The normalized spacial score (nSPS) is 26.1. The van der Waals surface area contributed by atoms with Gasteiger partial charge < -0.3 is 15.2 Å². The highest BCUT2D eigenvalue weighted by molar-refractivity contribution is 5.82. The van der Waals surface area contributed by atoms with Crippen molar-refractivity contribution in [1.29, 1.82) is 5.41 Å². The Morgan fingerprint density at radius 3 is 3.15 bits per heavy atom. The van der Waals surface area contributed by atoms with E-state index >= 15 is 0 Å². The van der Waals surface area contributed by atoms with Crippen LogP contribution in [0.25, 0.3) is 0 Å². The molecule has 0 saturated carbocycles. The van der Waals surface area contributed by atoms with E-state index in [1.54, 1.807) is 0 Å². The lowest BCUT2D eigenvalue weighted by molar-refractivity contribution is -0.00591. The molecule has 1 aromatic carbocycles. The standard InChI is InChI=1S/C15H21N3O2/c1-10-2-3-13-11(6-10)7-12(20-13)8-18-4-5-19-14(9-18)15(16)17/h2-3,6,12,14H,4-5,7-9H2,1H3,(H3,16,17). The molecule has 3 rings (SSSR count). The van der Waals surface area contributed by atoms with E-state index < -0.39 is 0 Å². The Labute approximate surface area is 119 Å². The number of morpholine rings is 1. The number of nitrogens with one attached hydrogen (secondary N) is 1. The van der Waals surface area contributed by atoms with Gasteiger partial charge in [-0.15, -0.1) is 0 Å². The van der Waals surface area contributed by atoms with Gasteiger partial charge in [-0.25, -0.2) is 0 Å². The minimum atomic E-state index is -0.269. The smallest absolute Gasteiger partial charge is 0.127 e. The Hall–Kier alpha value is -1.59. The second kappa shape index (κ2) is 5.42. The molecule has 2 aliphatic heterocycles. The summed E-state index contributed by atoms with van der Waals surface area (Å²) in [5, 5.41) is 7.49. The van der Waals surface area contributed by atoms with Gasteiger partial charge in [0.2, 0.25) is 0 Å². The first-order chi connectivity index (χ1) is 9.61. The van der Waals surface area contributed by atoms with Crippen molar-refractivity contribution in [3.8, 4) is 5.75 Å². The molecular weight excluding hydrogens is 254 g/mol. The van der Waals surface area contributed by atoms with Crippen LogP contribution in [0.3, 0.4) is 0 Å². The number of fused-ring (bicyclic) bond motifs is 1. The van der Waals surface area contributed by atoms with Crippen molar-refractivity contribution in [2.45, 2.75) is 25.6 Å². The summed E-state index contributed by atoms with van der Waals surface area (Å²) < 4.78 is 11.5. The Morgan fingerprint density at radius 1 is 1.50 bits per heavy atom. The van der Waals surface area contributed by atoms with E-state index in [-0.39, 0.29) is 18.0 Å². The molecule has 0 amide bonds. The maximum atomic E-state index is 7.49. The number of amidine groups is 1. The Bertz CT molecular complexity index is 518. The van der Waals surface area contributed by atoms with Gasteiger partial charge >= 0.3 is 0 Å². The van der Waals surface area contributed by atoms with E-state index in [2.05, 4.69) is 30.0 Å². The van der Waals surface area contributed by atoms with Crippen molar-refractivity contribution in [3.05, 3.63) is 29.3 Å². The van der Waals surface area contributed by atoms with Gasteiger partial charge in [-0.05, 0) is 18.6 Å². The molecule has 5 nitrogen and oxygen atoms in total. The monoisotopic (exact) mass is 275 g/mol. The predicted octanol–water partition coefficient (Wildman–Crippen LogP) is 0.935. The molecule has 0 spiro atoms. The van der Waals surface area contributed by atoms with Gasteiger partial charge in [-0.1, -0.05) is 17.7 Å². The summed E-state index contributed by atoms with van der Waals surface area (Å²) in [6, 6.07) is 6.34. The van der Waals surface area contributed by atoms with Gasteiger partial charge in [0.1, 0.15) is 23.8 Å². The zero-order valence-electron chi connectivity index (χ0n) is 11.8. The molecule has 2 heterocycles. The quantitative estimate of drug-likeness (QED) is 0.636. The van der Waals surface area contributed by atoms with Crippen LogP contribution in [0.15, 0.2) is 18.2 Å². The van der Waals surface area contributed by atoms with Crippen molar-refractivity contribution >= 4 is 5.84 Å². The second-order valence-corrected chi connectivity index (χ2v) is 5.63. The largest absolute Gasteiger partial charge is 0.488 e. The van der Waals surface area contributed by atoms with Gasteiger partial charge in [0, 0.05) is 26.1 Å². The van der Waals surface area contributed by atoms with Crippen LogP contribution >= 0.6 is 0 Å². The highest BCUT2D eigenvalue weighted by Crippen LogP contribution is 2.29. The van der Waals surface area contributed by atoms with Gasteiger partial charge in [0.05, 0.1) is 6.61 Å². The lowest BCUT2D eigenvalue weighted by Gasteiger charge is -2.33. The fraction of sp³-hybridized carbons (Fsp3) is 0.533. The summed E-state index contributed by atoms with van der Waals surface area (Å²) in [6.07, 6.45) is 0.881. The SMILES string of the molecule is Cc1ccc2c(c1)CC(CN1CCOC(C(=N)N)C1)O2. The number of benzene rings is 1. The van der Waals surface area contributed by atoms with E-state index in [0.717, 1.165) is 25.3 Å². The summed E-state index contributed by atoms with van der Waals surface area (Å²) in [7, 11) is 0. The second-order valence-electron chi connectivity index (χ2n) is 5.63. The van der Waals surface area contributed by atoms with Crippen LogP contribution in [0.5, 0.6) is 5.75 Å². The van der Waals surface area contributed by atoms with Crippen LogP contribution < -0.4 is 10.5 Å². The molecule has 1 saturated heterocycles. The maximum absolute atomic E-state index is 7.49. The van der Waals surface area contributed by atoms with Crippen molar-refractivity contribution in [2.24, 2.45) is 5.73 Å². The summed E-state index contributed by atoms with van der Waals surface area (Å²) in [5.41, 5.74) is 8.10. The van der Waals surface area contributed by atoms with E-state index in [1.807, 2.05) is 0 Å². The van der Waals surface area contributed by atoms with Gasteiger partial charge in [-0.3, -0.25) is 10.3 Å². The van der Waals surface area contributed by atoms with E-state index in [1.165, 1.54) is 11.1 Å². The van der Waals surface area contributed by atoms with Crippen LogP contribution in [0, 0.1) is 12.3 Å². The first-order valence-corrected chi connectivity index (χ1v) is 7.06. The number of aryl methyl sites for hydroxylation is 1. The topological polar surface area (TPSA) is 71.6 Å². The number of rotatable bonds is 3. The minimum absolute atomic E-state index is 0.112. The van der Waals surface area contributed by atoms with Crippen molar-refractivity contribution in [1.82, 2.24) is 4.90 Å². The van der Waals surface area contributed by atoms with E-state index in [9.17, 15) is 0 Å². The minimum Gasteiger partial charge on any atom is -0.488 e. The van der Waals surface area contributed by atoms with Crippen LogP contribution in [-0.4, -0.2) is 49.2 Å². The molecule has 0 radical (unpaired) electrons. The Kier molecular flexibility index (Phi) is 3.63. The van der Waals surface area contributed by atoms with Gasteiger partial charge in [0.25, 0.3) is 0 Å². The zero-order chi connectivity index (χ0) is 14.1. The van der Waals surface area contributed by atoms with E-state index in [4.69, 9.17) is 20.6 Å². The molecule has 3 N–H and O–H groups in total. The highest BCUT2D eigenvalue weighted by atomic mass is 16.5. The molecule has 0 aliphatic carbocycles. The summed E-state index contributed by atoms with van der Waals surface area (Å²) >= 11 is 0. The molecule has 20 heavy (non-hydrogen) atoms. The lowest BCUT2D eigenvalue weighted by Crippen LogP contribution is -2.50. The predicted molar refractivity (Wildman–Crippen MR) is 77.4 cm³/mol. The molecule has 0 bridgehead atoms. The first kappa shape index (κ1) is 13.4. The van der Waals surface area contributed by atoms with Crippen LogP contribution in [0.1, 0.15) is 11.1 Å². The van der Waals surface area contributed by atoms with Crippen LogP contribution in [0.2, 0.25) is 0 Å². The number of hydrogen-bond donors (Lipinski definition) is 2. The number of nitrogens with two attached hydrogens (primary N) is 1. The lowest BCUT2D eigenvalue weighted by atomic mass is 10.1. The van der Waals surface area contributed by atoms with Crippen LogP contribution in [0.4, 0.5) is 0 Å². The van der Waals surface area contributed by atoms with Crippen molar-refractivity contribution in [2.75, 3.05) is 26.2 Å². The third-order valence-corrected chi connectivity index (χ3v) is 3.92. The molecule has 1 aromatic rings. The Balaban J connectivity index is 1.59. The molecule has 2 aliphatic rings. The molecule has 0 aromatic heterocycles. The van der Waals surface area contributed by atoms with Crippen molar-refractivity contribution in [3.63, 3.8) is 0 Å². The van der Waals surface area contributed by atoms with Crippen LogP contribution in [-0.2, 0) is 11.2 Å². The Morgan fingerprint density at radius 2 is 2.35 bits per heavy atom. The number of nitrogens with zero attached hydrogens (tertiary/aromatic N) is 1. The molecule has 2 unspecified atom stereocenters. The first-order valence-electron chi connectivity index (χ1n) is 7.06. The fourth-order valence-corrected chi connectivity index (χ4v) is 2.90. The molecular formula is C15H21N3O2. The van der Waals surface area contributed by atoms with Gasteiger partial charge in [-0.2, -0.15) is 0 Å². The van der Waals surface area contributed by atoms with E-state index in [0.29, 0.717) is 13.2 Å². The highest BCUT2D eigenvalue weighted by Gasteiger charge is 2.28. The molecule has 5 heteroatoms. The third-order valence-electron chi connectivity index (χ3n) is 3.92. The average Bonchev–Trinajstić information content (AvgIpc) is 2.80. The third kappa shape index (κ3) is 2.78. The summed E-state index contributed by atoms with van der Waals surface area (Å²) in [6.45, 7) is 5.15. The van der Waals surface area contributed by atoms with Gasteiger partial charge in [0.15, 0.2) is 0 Å². The average molecular weight is 275 g/mol. The number of ether oxygens (including phenoxy) is 2. The summed E-state index contributed by atoms with van der Waals surface area (Å²) in [5.74, 6) is 1.12. The zero-order valence-corrected chi connectivity index (χ0v) is 11.8. The number of hydrogen-bond acceptors (Lipinski definition) is 4. The maximum Gasteiger partial charge on any atom is 0.127 e. The fourth-order valence-electron chi connectivity index (χ4n) is 2.90. The molecule has 1 fully saturated rings. The summed E-state index contributed by atoms with van der Waals surface area (Å²) in [4.78, 5) is 2.28. The van der Waals surface area contributed by atoms with Crippen molar-refractivity contribution < 1.29 is 9.47 Å².